The van der Waals surface area contributed by atoms with Gasteiger partial charge in [0.15, 0.2) is 6.10 Å². The molecule has 1 amide bonds. The fourth-order valence-corrected chi connectivity index (χ4v) is 4.91. The first-order valence-corrected chi connectivity index (χ1v) is 11.1. The van der Waals surface area contributed by atoms with Crippen molar-refractivity contribution < 1.29 is 17.9 Å². The number of hydrogen-bond acceptors (Lipinski definition) is 4. The van der Waals surface area contributed by atoms with Crippen molar-refractivity contribution in [2.24, 2.45) is 0 Å². The van der Waals surface area contributed by atoms with Crippen LogP contribution in [-0.4, -0.2) is 27.0 Å². The van der Waals surface area contributed by atoms with Crippen molar-refractivity contribution >= 4 is 21.6 Å². The minimum atomic E-state index is -3.84. The largest absolute Gasteiger partial charge is 0.476 e. The Kier molecular flexibility index (Phi) is 5.46. The number of carbonyl (C=O) groups is 1. The summed E-state index contributed by atoms with van der Waals surface area (Å²) in [5.41, 5.74) is 2.49. The Bertz CT molecular complexity index is 1160. The summed E-state index contributed by atoms with van der Waals surface area (Å²) in [6, 6.07) is 22.9. The predicted octanol–water partition coefficient (Wildman–Crippen LogP) is 3.27. The summed E-state index contributed by atoms with van der Waals surface area (Å²) < 4.78 is 33.6. The standard InChI is InChI=1S/C23H22N2O4S/c1-17-8-7-9-18(14-17)15-24-23(26)22-16-25(20-12-5-6-13-21(20)29-22)30(27,28)19-10-3-2-4-11-19/h2-14,22H,15-16H2,1H3,(H,24,26). The molecule has 0 saturated heterocycles. The van der Waals surface area contributed by atoms with Crippen LogP contribution < -0.4 is 14.4 Å². The maximum atomic E-state index is 13.3. The monoisotopic (exact) mass is 422 g/mol. The molecule has 0 bridgehead atoms. The van der Waals surface area contributed by atoms with Gasteiger partial charge in [0.2, 0.25) is 0 Å². The number of anilines is 1. The topological polar surface area (TPSA) is 75.7 Å². The number of carbonyl (C=O) groups excluding carboxylic acids is 1. The third-order valence-electron chi connectivity index (χ3n) is 4.91. The molecular weight excluding hydrogens is 400 g/mol. The average Bonchev–Trinajstić information content (AvgIpc) is 2.77. The number of rotatable bonds is 5. The van der Waals surface area contributed by atoms with Crippen LogP contribution in [0.2, 0.25) is 0 Å². The van der Waals surface area contributed by atoms with Gasteiger partial charge < -0.3 is 10.1 Å². The lowest BCUT2D eigenvalue weighted by atomic mass is 10.1. The zero-order valence-electron chi connectivity index (χ0n) is 16.5. The van der Waals surface area contributed by atoms with E-state index in [-0.39, 0.29) is 17.3 Å². The highest BCUT2D eigenvalue weighted by Gasteiger charge is 2.37. The smallest absolute Gasteiger partial charge is 0.264 e. The second kappa shape index (κ2) is 8.20. The van der Waals surface area contributed by atoms with Gasteiger partial charge in [0.1, 0.15) is 5.75 Å². The fraction of sp³-hybridized carbons (Fsp3) is 0.174. The summed E-state index contributed by atoms with van der Waals surface area (Å²) >= 11 is 0. The summed E-state index contributed by atoms with van der Waals surface area (Å²) in [7, 11) is -3.84. The molecule has 1 aliphatic rings. The molecule has 3 aromatic rings. The second-order valence-electron chi connectivity index (χ2n) is 7.13. The van der Waals surface area contributed by atoms with Crippen LogP contribution in [0.5, 0.6) is 5.75 Å². The number of ether oxygens (including phenoxy) is 1. The first-order chi connectivity index (χ1) is 14.4. The number of aryl methyl sites for hydroxylation is 1. The molecule has 154 valence electrons. The van der Waals surface area contributed by atoms with Crippen LogP contribution in [0.1, 0.15) is 11.1 Å². The summed E-state index contributed by atoms with van der Waals surface area (Å²) in [6.07, 6.45) is -0.955. The molecule has 0 spiro atoms. The van der Waals surface area contributed by atoms with Gasteiger partial charge >= 0.3 is 0 Å². The van der Waals surface area contributed by atoms with Gasteiger partial charge in [0.05, 0.1) is 17.1 Å². The van der Waals surface area contributed by atoms with Crippen molar-refractivity contribution in [3.8, 4) is 5.75 Å². The van der Waals surface area contributed by atoms with Crippen LogP contribution in [0.3, 0.4) is 0 Å². The first-order valence-electron chi connectivity index (χ1n) is 9.62. The SMILES string of the molecule is Cc1cccc(CNC(=O)C2CN(S(=O)(=O)c3ccccc3)c3ccccc3O2)c1. The summed E-state index contributed by atoms with van der Waals surface area (Å²) in [4.78, 5) is 13.0. The maximum Gasteiger partial charge on any atom is 0.264 e. The highest BCUT2D eigenvalue weighted by Crippen LogP contribution is 2.36. The minimum absolute atomic E-state index is 0.103. The van der Waals surface area contributed by atoms with E-state index in [1.54, 1.807) is 54.6 Å². The molecule has 0 fully saturated rings. The van der Waals surface area contributed by atoms with Crippen molar-refractivity contribution in [3.05, 3.63) is 90.0 Å². The maximum absolute atomic E-state index is 13.3. The van der Waals surface area contributed by atoms with Crippen LogP contribution >= 0.6 is 0 Å². The summed E-state index contributed by atoms with van der Waals surface area (Å²) in [5, 5.41) is 2.85. The zero-order chi connectivity index (χ0) is 21.1. The number of nitrogens with zero attached hydrogens (tertiary/aromatic N) is 1. The highest BCUT2D eigenvalue weighted by atomic mass is 32.2. The van der Waals surface area contributed by atoms with Crippen molar-refractivity contribution in [2.45, 2.75) is 24.5 Å². The van der Waals surface area contributed by atoms with E-state index in [0.29, 0.717) is 18.0 Å². The molecule has 0 radical (unpaired) electrons. The lowest BCUT2D eigenvalue weighted by Gasteiger charge is -2.34. The van der Waals surface area contributed by atoms with Crippen LogP contribution in [0, 0.1) is 6.92 Å². The number of amides is 1. The van der Waals surface area contributed by atoms with E-state index in [4.69, 9.17) is 4.74 Å². The summed E-state index contributed by atoms with van der Waals surface area (Å²) in [5.74, 6) is -0.00164. The molecule has 0 aromatic heterocycles. The molecule has 1 heterocycles. The Morgan fingerprint density at radius 2 is 1.77 bits per heavy atom. The molecule has 6 nitrogen and oxygen atoms in total. The molecule has 0 aliphatic carbocycles. The predicted molar refractivity (Wildman–Crippen MR) is 115 cm³/mol. The van der Waals surface area contributed by atoms with Crippen molar-refractivity contribution in [2.75, 3.05) is 10.8 Å². The number of benzene rings is 3. The Morgan fingerprint density at radius 3 is 2.53 bits per heavy atom. The Morgan fingerprint density at radius 1 is 1.03 bits per heavy atom. The van der Waals surface area contributed by atoms with Gasteiger partial charge in [-0.2, -0.15) is 0 Å². The van der Waals surface area contributed by atoms with Crippen molar-refractivity contribution in [1.29, 1.82) is 0 Å². The summed E-state index contributed by atoms with van der Waals surface area (Å²) in [6.45, 7) is 2.22. The van der Waals surface area contributed by atoms with E-state index in [2.05, 4.69) is 5.32 Å². The first kappa shape index (κ1) is 20.0. The normalized spacial score (nSPS) is 15.8. The van der Waals surface area contributed by atoms with Crippen LogP contribution in [0.15, 0.2) is 83.8 Å². The van der Waals surface area contributed by atoms with Gasteiger partial charge in [0.25, 0.3) is 15.9 Å². The second-order valence-corrected chi connectivity index (χ2v) is 8.99. The molecule has 3 aromatic carbocycles. The molecule has 1 aliphatic heterocycles. The molecule has 1 N–H and O–H groups in total. The van der Waals surface area contributed by atoms with Gasteiger partial charge in [-0.15, -0.1) is 0 Å². The van der Waals surface area contributed by atoms with Crippen molar-refractivity contribution in [1.82, 2.24) is 5.32 Å². The average molecular weight is 423 g/mol. The minimum Gasteiger partial charge on any atom is -0.476 e. The molecule has 7 heteroatoms. The van der Waals surface area contributed by atoms with Crippen LogP contribution in [0.4, 0.5) is 5.69 Å². The van der Waals surface area contributed by atoms with E-state index in [1.165, 1.54) is 4.31 Å². The molecular formula is C23H22N2O4S. The number of para-hydroxylation sites is 2. The van der Waals surface area contributed by atoms with E-state index < -0.39 is 16.1 Å². The molecule has 1 unspecified atom stereocenters. The van der Waals surface area contributed by atoms with E-state index in [0.717, 1.165) is 11.1 Å². The lowest BCUT2D eigenvalue weighted by Crippen LogP contribution is -2.50. The van der Waals surface area contributed by atoms with Gasteiger partial charge in [-0.3, -0.25) is 9.10 Å². The molecule has 4 rings (SSSR count). The Hall–Kier alpha value is -3.32. The Labute approximate surface area is 176 Å². The molecule has 1 atom stereocenters. The third kappa shape index (κ3) is 4.02. The van der Waals surface area contributed by atoms with E-state index in [9.17, 15) is 13.2 Å². The quantitative estimate of drug-likeness (QED) is 0.685. The number of sulfonamides is 1. The number of nitrogens with one attached hydrogen (secondary N) is 1. The van der Waals surface area contributed by atoms with Crippen LogP contribution in [0.25, 0.3) is 0 Å². The highest BCUT2D eigenvalue weighted by molar-refractivity contribution is 7.92. The van der Waals surface area contributed by atoms with Gasteiger partial charge in [0, 0.05) is 6.54 Å². The third-order valence-corrected chi connectivity index (χ3v) is 6.70. The van der Waals surface area contributed by atoms with Gasteiger partial charge in [-0.25, -0.2) is 8.42 Å². The number of fused-ring (bicyclic) bond motifs is 1. The molecule has 30 heavy (non-hydrogen) atoms. The van der Waals surface area contributed by atoms with Crippen LogP contribution in [-0.2, 0) is 21.4 Å². The number of hydrogen-bond donors (Lipinski definition) is 1. The van der Waals surface area contributed by atoms with Crippen molar-refractivity contribution in [3.63, 3.8) is 0 Å². The lowest BCUT2D eigenvalue weighted by molar-refractivity contribution is -0.127. The van der Waals surface area contributed by atoms with Gasteiger partial charge in [-0.1, -0.05) is 60.2 Å². The van der Waals surface area contributed by atoms with E-state index >= 15 is 0 Å². The zero-order valence-corrected chi connectivity index (χ0v) is 17.3. The van der Waals surface area contributed by atoms with E-state index in [1.807, 2.05) is 31.2 Å². The Balaban J connectivity index is 1.59. The molecule has 0 saturated carbocycles. The fourth-order valence-electron chi connectivity index (χ4n) is 3.41. The van der Waals surface area contributed by atoms with Gasteiger partial charge in [-0.05, 0) is 36.8 Å².